The van der Waals surface area contributed by atoms with Crippen LogP contribution >= 0.6 is 0 Å². The highest BCUT2D eigenvalue weighted by Crippen LogP contribution is 2.31. The third-order valence-electron chi connectivity index (χ3n) is 3.96. The molecule has 5 heteroatoms. The first-order chi connectivity index (χ1) is 8.59. The van der Waals surface area contributed by atoms with E-state index in [1.807, 2.05) is 0 Å². The maximum absolute atomic E-state index is 12.5. The van der Waals surface area contributed by atoms with Crippen LogP contribution in [0.4, 0.5) is 0 Å². The number of aliphatic carboxylic acids is 1. The van der Waals surface area contributed by atoms with E-state index >= 15 is 0 Å². The monoisotopic (exact) mass is 254 g/mol. The number of rotatable bonds is 4. The molecule has 2 unspecified atom stereocenters. The summed E-state index contributed by atoms with van der Waals surface area (Å²) in [6.45, 7) is -0.174. The van der Waals surface area contributed by atoms with Gasteiger partial charge in [0.05, 0.1) is 5.92 Å². The first-order valence-corrected chi connectivity index (χ1v) is 6.87. The van der Waals surface area contributed by atoms with Crippen molar-refractivity contribution >= 4 is 11.9 Å². The summed E-state index contributed by atoms with van der Waals surface area (Å²) in [6.07, 6.45) is 6.77. The van der Waals surface area contributed by atoms with E-state index < -0.39 is 5.97 Å². The molecule has 2 fully saturated rings. The Bertz CT molecular complexity index is 328. The lowest BCUT2D eigenvalue weighted by Crippen LogP contribution is -2.46. The van der Waals surface area contributed by atoms with E-state index in [-0.39, 0.29) is 30.5 Å². The summed E-state index contributed by atoms with van der Waals surface area (Å²) in [5.74, 6) is -1.14. The SMILES string of the molecule is NC1CCCCCC1C(=O)N(CC(=O)O)C1CC1. The topological polar surface area (TPSA) is 83.6 Å². The Morgan fingerprint density at radius 2 is 1.78 bits per heavy atom. The molecular formula is C13H22N2O3. The maximum Gasteiger partial charge on any atom is 0.323 e. The number of hydrogen-bond acceptors (Lipinski definition) is 3. The van der Waals surface area contributed by atoms with Gasteiger partial charge in [-0.25, -0.2) is 0 Å². The van der Waals surface area contributed by atoms with Crippen molar-refractivity contribution in [1.82, 2.24) is 4.90 Å². The molecular weight excluding hydrogens is 232 g/mol. The first kappa shape index (κ1) is 13.3. The molecule has 1 amide bonds. The molecule has 102 valence electrons. The molecule has 3 N–H and O–H groups in total. The molecule has 2 aliphatic rings. The highest BCUT2D eigenvalue weighted by molar-refractivity contribution is 5.84. The van der Waals surface area contributed by atoms with Crippen LogP contribution in [0.2, 0.25) is 0 Å². The van der Waals surface area contributed by atoms with E-state index in [0.717, 1.165) is 44.9 Å². The number of carbonyl (C=O) groups is 2. The molecule has 2 rings (SSSR count). The molecule has 0 aromatic heterocycles. The lowest BCUT2D eigenvalue weighted by molar-refractivity contribution is -0.147. The molecule has 0 bridgehead atoms. The van der Waals surface area contributed by atoms with Gasteiger partial charge in [-0.15, -0.1) is 0 Å². The summed E-state index contributed by atoms with van der Waals surface area (Å²) in [6, 6.07) is 0.0408. The number of carboxylic acid groups (broad SMARTS) is 1. The number of carboxylic acids is 1. The second kappa shape index (κ2) is 5.69. The van der Waals surface area contributed by atoms with Crippen LogP contribution < -0.4 is 5.73 Å². The van der Waals surface area contributed by atoms with Gasteiger partial charge in [-0.05, 0) is 25.7 Å². The molecule has 5 nitrogen and oxygen atoms in total. The largest absolute Gasteiger partial charge is 0.480 e. The average Bonchev–Trinajstić information content (AvgIpc) is 3.12. The van der Waals surface area contributed by atoms with Crippen molar-refractivity contribution in [3.05, 3.63) is 0 Å². The third-order valence-corrected chi connectivity index (χ3v) is 3.96. The molecule has 2 saturated carbocycles. The van der Waals surface area contributed by atoms with Crippen molar-refractivity contribution in [2.24, 2.45) is 11.7 Å². The maximum atomic E-state index is 12.5. The predicted octanol–water partition coefficient (Wildman–Crippen LogP) is 0.970. The minimum Gasteiger partial charge on any atom is -0.480 e. The number of nitrogens with zero attached hydrogens (tertiary/aromatic N) is 1. The molecule has 0 aliphatic heterocycles. The predicted molar refractivity (Wildman–Crippen MR) is 66.9 cm³/mol. The molecule has 0 saturated heterocycles. The van der Waals surface area contributed by atoms with Crippen molar-refractivity contribution in [1.29, 1.82) is 0 Å². The van der Waals surface area contributed by atoms with Crippen molar-refractivity contribution in [3.63, 3.8) is 0 Å². The summed E-state index contributed by atoms with van der Waals surface area (Å²) in [4.78, 5) is 24.9. The van der Waals surface area contributed by atoms with Gasteiger partial charge in [-0.2, -0.15) is 0 Å². The zero-order chi connectivity index (χ0) is 13.1. The molecule has 0 spiro atoms. The highest BCUT2D eigenvalue weighted by atomic mass is 16.4. The lowest BCUT2D eigenvalue weighted by Gasteiger charge is -2.28. The second-order valence-electron chi connectivity index (χ2n) is 5.50. The smallest absolute Gasteiger partial charge is 0.323 e. The van der Waals surface area contributed by atoms with E-state index in [1.165, 1.54) is 4.90 Å². The Kier molecular flexibility index (Phi) is 4.22. The fourth-order valence-electron chi connectivity index (χ4n) is 2.77. The quantitative estimate of drug-likeness (QED) is 0.732. The van der Waals surface area contributed by atoms with Gasteiger partial charge in [0.2, 0.25) is 5.91 Å². The zero-order valence-electron chi connectivity index (χ0n) is 10.7. The Hall–Kier alpha value is -1.10. The summed E-state index contributed by atoms with van der Waals surface area (Å²) in [7, 11) is 0. The molecule has 0 aromatic rings. The van der Waals surface area contributed by atoms with Crippen LogP contribution in [0.15, 0.2) is 0 Å². The highest BCUT2D eigenvalue weighted by Gasteiger charge is 2.38. The van der Waals surface area contributed by atoms with E-state index in [2.05, 4.69) is 0 Å². The Balaban J connectivity index is 2.03. The minimum atomic E-state index is -0.933. The summed E-state index contributed by atoms with van der Waals surface area (Å²) in [5.41, 5.74) is 6.07. The number of hydrogen-bond donors (Lipinski definition) is 2. The van der Waals surface area contributed by atoms with E-state index in [4.69, 9.17) is 10.8 Å². The molecule has 18 heavy (non-hydrogen) atoms. The molecule has 0 heterocycles. The van der Waals surface area contributed by atoms with Crippen molar-refractivity contribution in [2.45, 2.75) is 57.0 Å². The van der Waals surface area contributed by atoms with Gasteiger partial charge in [-0.3, -0.25) is 9.59 Å². The van der Waals surface area contributed by atoms with Gasteiger partial charge < -0.3 is 15.7 Å². The fraction of sp³-hybridized carbons (Fsp3) is 0.846. The van der Waals surface area contributed by atoms with Gasteiger partial charge in [0.25, 0.3) is 0 Å². The average molecular weight is 254 g/mol. The molecule has 0 aromatic carbocycles. The minimum absolute atomic E-state index is 0.0331. The van der Waals surface area contributed by atoms with Crippen LogP contribution in [0.1, 0.15) is 44.9 Å². The third kappa shape index (κ3) is 3.22. The van der Waals surface area contributed by atoms with Crippen molar-refractivity contribution in [3.8, 4) is 0 Å². The number of amides is 1. The molecule has 2 aliphatic carbocycles. The van der Waals surface area contributed by atoms with Crippen LogP contribution in [0.3, 0.4) is 0 Å². The molecule has 0 radical (unpaired) electrons. The van der Waals surface area contributed by atoms with Gasteiger partial charge in [-0.1, -0.05) is 19.3 Å². The summed E-state index contributed by atoms with van der Waals surface area (Å²) >= 11 is 0. The van der Waals surface area contributed by atoms with E-state index in [0.29, 0.717) is 0 Å². The standard InChI is InChI=1S/C13H22N2O3/c14-11-5-3-1-2-4-10(11)13(18)15(8-12(16)17)9-6-7-9/h9-11H,1-8,14H2,(H,16,17). The van der Waals surface area contributed by atoms with Gasteiger partial charge in [0, 0.05) is 12.1 Å². The van der Waals surface area contributed by atoms with Crippen molar-refractivity contribution in [2.75, 3.05) is 6.54 Å². The first-order valence-electron chi connectivity index (χ1n) is 6.87. The second-order valence-corrected chi connectivity index (χ2v) is 5.50. The lowest BCUT2D eigenvalue weighted by atomic mass is 9.94. The van der Waals surface area contributed by atoms with Gasteiger partial charge in [0.1, 0.15) is 6.54 Å². The van der Waals surface area contributed by atoms with Crippen LogP contribution in [-0.4, -0.2) is 40.5 Å². The van der Waals surface area contributed by atoms with Crippen LogP contribution in [0, 0.1) is 5.92 Å². The van der Waals surface area contributed by atoms with Crippen LogP contribution in [0.5, 0.6) is 0 Å². The van der Waals surface area contributed by atoms with Gasteiger partial charge >= 0.3 is 5.97 Å². The van der Waals surface area contributed by atoms with E-state index in [1.54, 1.807) is 0 Å². The summed E-state index contributed by atoms with van der Waals surface area (Å²) < 4.78 is 0. The molecule has 2 atom stereocenters. The fourth-order valence-corrected chi connectivity index (χ4v) is 2.77. The van der Waals surface area contributed by atoms with E-state index in [9.17, 15) is 9.59 Å². The van der Waals surface area contributed by atoms with Crippen LogP contribution in [0.25, 0.3) is 0 Å². The van der Waals surface area contributed by atoms with Crippen LogP contribution in [-0.2, 0) is 9.59 Å². The number of nitrogens with two attached hydrogens (primary N) is 1. The summed E-state index contributed by atoms with van der Waals surface area (Å²) in [5, 5.41) is 8.90. The Labute approximate surface area is 107 Å². The Morgan fingerprint density at radius 3 is 2.39 bits per heavy atom. The normalized spacial score (nSPS) is 28.5. The number of carbonyl (C=O) groups excluding carboxylic acids is 1. The Morgan fingerprint density at radius 1 is 1.11 bits per heavy atom. The van der Waals surface area contributed by atoms with Crippen molar-refractivity contribution < 1.29 is 14.7 Å². The zero-order valence-corrected chi connectivity index (χ0v) is 10.7. The van der Waals surface area contributed by atoms with Gasteiger partial charge in [0.15, 0.2) is 0 Å².